The molecule has 0 amide bonds. The number of imidazole rings is 1. The summed E-state index contributed by atoms with van der Waals surface area (Å²) in [5.41, 5.74) is 4.51. The van der Waals surface area contributed by atoms with Gasteiger partial charge >= 0.3 is 5.97 Å². The topological polar surface area (TPSA) is 101 Å². The van der Waals surface area contributed by atoms with E-state index in [0.717, 1.165) is 16.8 Å². The van der Waals surface area contributed by atoms with E-state index in [-0.39, 0.29) is 11.3 Å². The first-order valence-corrected chi connectivity index (χ1v) is 8.36. The number of nitrogens with zero attached hydrogens (tertiary/aromatic N) is 4. The summed E-state index contributed by atoms with van der Waals surface area (Å²) in [5.74, 6) is -0.783. The van der Waals surface area contributed by atoms with E-state index in [2.05, 4.69) is 16.0 Å². The van der Waals surface area contributed by atoms with Crippen LogP contribution in [0.15, 0.2) is 61.1 Å². The third kappa shape index (κ3) is 2.93. The molecule has 0 aliphatic heterocycles. The van der Waals surface area contributed by atoms with Crippen LogP contribution in [0.5, 0.6) is 5.75 Å². The molecule has 0 saturated heterocycles. The van der Waals surface area contributed by atoms with E-state index in [0.29, 0.717) is 16.9 Å². The summed E-state index contributed by atoms with van der Waals surface area (Å²) in [7, 11) is 1.43. The van der Waals surface area contributed by atoms with Gasteiger partial charge < -0.3 is 9.84 Å². The van der Waals surface area contributed by atoms with Crippen molar-refractivity contribution < 1.29 is 14.6 Å². The number of ether oxygens (including phenoxy) is 1. The Morgan fingerprint density at radius 1 is 1.11 bits per heavy atom. The molecule has 0 saturated carbocycles. The van der Waals surface area contributed by atoms with E-state index in [1.807, 2.05) is 22.7 Å². The molecule has 2 aromatic carbocycles. The average Bonchev–Trinajstić information content (AvgIpc) is 3.16. The number of aromatic carboxylic acids is 1. The largest absolute Gasteiger partial charge is 0.496 e. The quantitative estimate of drug-likeness (QED) is 0.589. The number of benzene rings is 2. The molecular formula is C21H14N4O3. The molecule has 0 fully saturated rings. The summed E-state index contributed by atoms with van der Waals surface area (Å²) in [6.07, 6.45) is 5.24. The second kappa shape index (κ2) is 6.85. The first kappa shape index (κ1) is 17.2. The van der Waals surface area contributed by atoms with Gasteiger partial charge in [0.1, 0.15) is 11.3 Å². The van der Waals surface area contributed by atoms with Crippen LogP contribution in [-0.4, -0.2) is 32.6 Å². The molecule has 1 N–H and O–H groups in total. The Morgan fingerprint density at radius 2 is 1.86 bits per heavy atom. The van der Waals surface area contributed by atoms with Crippen molar-refractivity contribution in [1.82, 2.24) is 14.4 Å². The summed E-state index contributed by atoms with van der Waals surface area (Å²) in [6.45, 7) is 0. The fourth-order valence-corrected chi connectivity index (χ4v) is 2.99. The number of hydrogen-bond acceptors (Lipinski definition) is 5. The first-order valence-electron chi connectivity index (χ1n) is 8.36. The molecule has 0 aliphatic carbocycles. The molecule has 7 heteroatoms. The number of hydrogen-bond donors (Lipinski definition) is 1. The fourth-order valence-electron chi connectivity index (χ4n) is 2.99. The van der Waals surface area contributed by atoms with Gasteiger partial charge in [0.25, 0.3) is 0 Å². The summed E-state index contributed by atoms with van der Waals surface area (Å²) in [5, 5.41) is 18.2. The number of aromatic nitrogens is 3. The molecule has 0 radical (unpaired) electrons. The van der Waals surface area contributed by atoms with E-state index >= 15 is 0 Å². The lowest BCUT2D eigenvalue weighted by Crippen LogP contribution is -2.01. The number of nitriles is 1. The number of carboxylic acid groups (broad SMARTS) is 1. The standard InChI is InChI=1S/C21H14N4O3/c1-28-19-8-15(6-7-16(19)21(26)27)17-12-25-18(10-24-20(25)11-23-17)14-4-2-13(9-22)3-5-14/h2-8,10-12H,1H3,(H,26,27). The normalized spacial score (nSPS) is 10.6. The third-order valence-corrected chi connectivity index (χ3v) is 4.43. The van der Waals surface area contributed by atoms with Crippen LogP contribution < -0.4 is 4.74 Å². The lowest BCUT2D eigenvalue weighted by Gasteiger charge is -2.09. The lowest BCUT2D eigenvalue weighted by atomic mass is 10.1. The van der Waals surface area contributed by atoms with Crippen molar-refractivity contribution in [3.8, 4) is 34.3 Å². The molecule has 28 heavy (non-hydrogen) atoms. The molecule has 136 valence electrons. The monoisotopic (exact) mass is 370 g/mol. The smallest absolute Gasteiger partial charge is 0.339 e. The van der Waals surface area contributed by atoms with Crippen molar-refractivity contribution in [3.05, 3.63) is 72.2 Å². The predicted octanol–water partition coefficient (Wildman–Crippen LogP) is 3.64. The zero-order valence-electron chi connectivity index (χ0n) is 14.8. The van der Waals surface area contributed by atoms with Crippen LogP contribution in [0.2, 0.25) is 0 Å². The molecule has 7 nitrogen and oxygen atoms in total. The number of fused-ring (bicyclic) bond motifs is 1. The van der Waals surface area contributed by atoms with Gasteiger partial charge in [-0.3, -0.25) is 9.38 Å². The summed E-state index contributed by atoms with van der Waals surface area (Å²) < 4.78 is 7.11. The van der Waals surface area contributed by atoms with Gasteiger partial charge in [-0.15, -0.1) is 0 Å². The van der Waals surface area contributed by atoms with Gasteiger partial charge in [-0.1, -0.05) is 18.2 Å². The Hall–Kier alpha value is -4.18. The Bertz CT molecular complexity index is 1240. The Balaban J connectivity index is 1.81. The second-order valence-corrected chi connectivity index (χ2v) is 6.05. The number of carboxylic acids is 1. The Kier molecular flexibility index (Phi) is 4.22. The first-order chi connectivity index (χ1) is 13.6. The van der Waals surface area contributed by atoms with Crippen LogP contribution >= 0.6 is 0 Å². The molecular weight excluding hydrogens is 356 g/mol. The van der Waals surface area contributed by atoms with Gasteiger partial charge in [0.05, 0.1) is 42.5 Å². The molecule has 4 rings (SSSR count). The maximum atomic E-state index is 11.3. The van der Waals surface area contributed by atoms with Crippen LogP contribution in [0.25, 0.3) is 28.2 Å². The highest BCUT2D eigenvalue weighted by Gasteiger charge is 2.14. The molecule has 0 bridgehead atoms. The van der Waals surface area contributed by atoms with Crippen molar-refractivity contribution in [1.29, 1.82) is 5.26 Å². The van der Waals surface area contributed by atoms with Gasteiger partial charge in [0, 0.05) is 17.3 Å². The summed E-state index contributed by atoms with van der Waals surface area (Å²) in [6, 6.07) is 14.2. The van der Waals surface area contributed by atoms with E-state index in [4.69, 9.17) is 10.00 Å². The Morgan fingerprint density at radius 3 is 2.54 bits per heavy atom. The highest BCUT2D eigenvalue weighted by atomic mass is 16.5. The summed E-state index contributed by atoms with van der Waals surface area (Å²) in [4.78, 5) is 20.1. The molecule has 2 aromatic heterocycles. The molecule has 2 heterocycles. The van der Waals surface area contributed by atoms with Crippen LogP contribution in [0.3, 0.4) is 0 Å². The lowest BCUT2D eigenvalue weighted by molar-refractivity contribution is 0.0693. The maximum Gasteiger partial charge on any atom is 0.339 e. The minimum Gasteiger partial charge on any atom is -0.496 e. The summed E-state index contributed by atoms with van der Waals surface area (Å²) >= 11 is 0. The van der Waals surface area contributed by atoms with E-state index in [9.17, 15) is 9.90 Å². The van der Waals surface area contributed by atoms with Crippen LogP contribution in [0.4, 0.5) is 0 Å². The minimum absolute atomic E-state index is 0.0910. The van der Waals surface area contributed by atoms with Gasteiger partial charge in [-0.25, -0.2) is 9.78 Å². The Labute approximate surface area is 160 Å². The van der Waals surface area contributed by atoms with Crippen LogP contribution in [0, 0.1) is 11.3 Å². The van der Waals surface area contributed by atoms with E-state index in [1.54, 1.807) is 36.7 Å². The number of methoxy groups -OCH3 is 1. The average molecular weight is 370 g/mol. The van der Waals surface area contributed by atoms with Gasteiger partial charge in [-0.2, -0.15) is 5.26 Å². The molecule has 0 unspecified atom stereocenters. The van der Waals surface area contributed by atoms with Crippen LogP contribution in [-0.2, 0) is 0 Å². The highest BCUT2D eigenvalue weighted by Crippen LogP contribution is 2.28. The van der Waals surface area contributed by atoms with E-state index < -0.39 is 5.97 Å². The van der Waals surface area contributed by atoms with Crippen molar-refractivity contribution >= 4 is 11.6 Å². The highest BCUT2D eigenvalue weighted by molar-refractivity contribution is 5.91. The van der Waals surface area contributed by atoms with Gasteiger partial charge in [0.15, 0.2) is 5.65 Å². The van der Waals surface area contributed by atoms with Crippen molar-refractivity contribution in [2.24, 2.45) is 0 Å². The zero-order valence-corrected chi connectivity index (χ0v) is 14.8. The fraction of sp³-hybridized carbons (Fsp3) is 0.0476. The SMILES string of the molecule is COc1cc(-c2cn3c(-c4ccc(C#N)cc4)cnc3cn2)ccc1C(=O)O. The van der Waals surface area contributed by atoms with Crippen molar-refractivity contribution in [2.45, 2.75) is 0 Å². The second-order valence-electron chi connectivity index (χ2n) is 6.05. The predicted molar refractivity (Wildman–Crippen MR) is 102 cm³/mol. The van der Waals surface area contributed by atoms with E-state index in [1.165, 1.54) is 13.2 Å². The maximum absolute atomic E-state index is 11.3. The molecule has 0 atom stereocenters. The third-order valence-electron chi connectivity index (χ3n) is 4.43. The van der Waals surface area contributed by atoms with Gasteiger partial charge in [-0.05, 0) is 24.3 Å². The number of rotatable bonds is 4. The van der Waals surface area contributed by atoms with Crippen molar-refractivity contribution in [3.63, 3.8) is 0 Å². The molecule has 0 spiro atoms. The van der Waals surface area contributed by atoms with Gasteiger partial charge in [0.2, 0.25) is 0 Å². The molecule has 4 aromatic rings. The zero-order chi connectivity index (χ0) is 19.7. The van der Waals surface area contributed by atoms with Crippen molar-refractivity contribution in [2.75, 3.05) is 7.11 Å². The number of carbonyl (C=O) groups is 1. The minimum atomic E-state index is -1.05. The molecule has 0 aliphatic rings. The van der Waals surface area contributed by atoms with Crippen LogP contribution in [0.1, 0.15) is 15.9 Å².